The lowest BCUT2D eigenvalue weighted by Gasteiger charge is -2.31. The summed E-state index contributed by atoms with van der Waals surface area (Å²) >= 11 is 3.38. The second kappa shape index (κ2) is 44.7. The van der Waals surface area contributed by atoms with Crippen molar-refractivity contribution in [2.24, 2.45) is 28.1 Å². The molecule has 6 atom stereocenters. The van der Waals surface area contributed by atoms with E-state index in [4.69, 9.17) is 37.9 Å². The zero-order chi connectivity index (χ0) is 58.9. The fourth-order valence-corrected chi connectivity index (χ4v) is 8.98. The molecule has 7 N–H and O–H groups in total. The van der Waals surface area contributed by atoms with Crippen molar-refractivity contribution in [1.29, 1.82) is 0 Å². The van der Waals surface area contributed by atoms with Crippen molar-refractivity contribution in [1.82, 2.24) is 16.0 Å². The predicted molar refractivity (Wildman–Crippen MR) is 311 cm³/mol. The topological polar surface area (TPSA) is 259 Å². The highest BCUT2D eigenvalue weighted by Gasteiger charge is 2.27. The van der Waals surface area contributed by atoms with Gasteiger partial charge in [0, 0.05) is 63.4 Å². The fraction of sp³-hybridized carbons (Fsp3) is 0.930. The van der Waals surface area contributed by atoms with E-state index in [-0.39, 0.29) is 110 Å². The number of hydrogen-bond donors (Lipinski definition) is 7. The SMILES string of the molecule is CC(C)(C)COCC(CO)OCC(O)COCC(CCOC(=O)CCCCSCCC(=O)NCCNCCNC(=O)CCSCCCCC(=O)OCCC(COCC(O)COC(CO)COC(C)(C)C)C(C)(C)C)C(C)(C)C. The van der Waals surface area contributed by atoms with Crippen molar-refractivity contribution in [2.75, 3.05) is 135 Å². The number of rotatable bonds is 49. The van der Waals surface area contributed by atoms with Gasteiger partial charge in [0.2, 0.25) is 11.8 Å². The molecule has 78 heavy (non-hydrogen) atoms. The summed E-state index contributed by atoms with van der Waals surface area (Å²) in [4.78, 5) is 49.3. The number of amides is 2. The van der Waals surface area contributed by atoms with Crippen LogP contribution < -0.4 is 16.0 Å². The highest BCUT2D eigenvalue weighted by molar-refractivity contribution is 7.99. The summed E-state index contributed by atoms with van der Waals surface area (Å²) in [6.45, 7) is 29.0. The minimum atomic E-state index is -0.849. The molecule has 0 fully saturated rings. The highest BCUT2D eigenvalue weighted by atomic mass is 32.2. The molecule has 19 nitrogen and oxygen atoms in total. The van der Waals surface area contributed by atoms with E-state index in [9.17, 15) is 39.6 Å². The first-order valence-electron chi connectivity index (χ1n) is 28.5. The molecule has 0 saturated heterocycles. The molecule has 0 rings (SSSR count). The monoisotopic (exact) mass is 1160 g/mol. The minimum Gasteiger partial charge on any atom is -0.466 e. The fourth-order valence-electron chi connectivity index (χ4n) is 7.10. The average Bonchev–Trinajstić information content (AvgIpc) is 3.34. The molecular formula is C57H111N3O16S2. The van der Waals surface area contributed by atoms with Crippen LogP contribution in [0.1, 0.15) is 147 Å². The second-order valence-corrected chi connectivity index (χ2v) is 26.8. The van der Waals surface area contributed by atoms with Crippen LogP contribution in [-0.4, -0.2) is 209 Å². The van der Waals surface area contributed by atoms with Crippen LogP contribution in [0.5, 0.6) is 0 Å². The Morgan fingerprint density at radius 3 is 1.29 bits per heavy atom. The molecular weight excluding hydrogens is 1050 g/mol. The number of carbonyl (C=O) groups excluding carboxylic acids is 4. The van der Waals surface area contributed by atoms with Gasteiger partial charge in [0.05, 0.1) is 91.5 Å². The van der Waals surface area contributed by atoms with Crippen LogP contribution >= 0.6 is 23.5 Å². The number of thioether (sulfide) groups is 2. The summed E-state index contributed by atoms with van der Waals surface area (Å²) in [6.07, 6.45) is 3.19. The Hall–Kier alpha value is -1.86. The van der Waals surface area contributed by atoms with Crippen LogP contribution in [0.25, 0.3) is 0 Å². The summed E-state index contributed by atoms with van der Waals surface area (Å²) in [5.74, 6) is 2.85. The molecule has 0 spiro atoms. The zero-order valence-electron chi connectivity index (χ0n) is 50.4. The van der Waals surface area contributed by atoms with Gasteiger partial charge in [-0.1, -0.05) is 62.3 Å². The third kappa shape index (κ3) is 47.7. The maximum absolute atomic E-state index is 12.4. The number of aliphatic hydroxyl groups is 4. The summed E-state index contributed by atoms with van der Waals surface area (Å²) in [5.41, 5.74) is -0.537. The molecule has 0 aliphatic rings. The summed E-state index contributed by atoms with van der Waals surface area (Å²) < 4.78 is 45.2. The van der Waals surface area contributed by atoms with E-state index in [0.29, 0.717) is 122 Å². The van der Waals surface area contributed by atoms with Crippen molar-refractivity contribution < 1.29 is 77.5 Å². The van der Waals surface area contributed by atoms with Gasteiger partial charge in [-0.15, -0.1) is 0 Å². The molecule has 462 valence electrons. The molecule has 0 heterocycles. The molecule has 6 unspecified atom stereocenters. The zero-order valence-corrected chi connectivity index (χ0v) is 52.0. The van der Waals surface area contributed by atoms with Crippen molar-refractivity contribution in [3.05, 3.63) is 0 Å². The van der Waals surface area contributed by atoms with Gasteiger partial charge in [-0.3, -0.25) is 19.2 Å². The minimum absolute atomic E-state index is 0.00775. The lowest BCUT2D eigenvalue weighted by atomic mass is 9.79. The van der Waals surface area contributed by atoms with Crippen molar-refractivity contribution in [3.63, 3.8) is 0 Å². The number of carbonyl (C=O) groups is 4. The third-order valence-corrected chi connectivity index (χ3v) is 14.3. The number of esters is 2. The Morgan fingerprint density at radius 2 is 0.910 bits per heavy atom. The van der Waals surface area contributed by atoms with E-state index in [1.54, 1.807) is 23.5 Å². The lowest BCUT2D eigenvalue weighted by molar-refractivity contribution is -0.145. The normalized spacial score (nSPS) is 14.8. The smallest absolute Gasteiger partial charge is 0.305 e. The summed E-state index contributed by atoms with van der Waals surface area (Å²) in [7, 11) is 0. The maximum atomic E-state index is 12.4. The Morgan fingerprint density at radius 1 is 0.487 bits per heavy atom. The Balaban J connectivity index is 3.90. The summed E-state index contributed by atoms with van der Waals surface area (Å²) in [5, 5.41) is 48.9. The van der Waals surface area contributed by atoms with Crippen LogP contribution in [0, 0.1) is 28.1 Å². The highest BCUT2D eigenvalue weighted by Crippen LogP contribution is 2.30. The Labute approximate surface area is 479 Å². The van der Waals surface area contributed by atoms with E-state index in [0.717, 1.165) is 24.3 Å². The molecule has 0 aromatic carbocycles. The molecule has 0 aromatic heterocycles. The quantitative estimate of drug-likeness (QED) is 0.0273. The Bertz CT molecular complexity index is 1520. The third-order valence-electron chi connectivity index (χ3n) is 12.2. The second-order valence-electron chi connectivity index (χ2n) is 24.4. The molecule has 2 amide bonds. The molecule has 0 aliphatic heterocycles. The van der Waals surface area contributed by atoms with Gasteiger partial charge < -0.3 is 74.3 Å². The number of ether oxygens (including phenoxy) is 8. The van der Waals surface area contributed by atoms with Gasteiger partial charge in [-0.2, -0.15) is 23.5 Å². The molecule has 0 aliphatic carbocycles. The predicted octanol–water partition coefficient (Wildman–Crippen LogP) is 5.97. The standard InChI is InChI=1S/C57H111N3O16S2/c1-54(2,3)43-71-41-48(33-61)74-39-46(63)37-69-35-44(55(4,5)6)19-27-72-52(67)17-13-15-29-77-31-21-50(65)59-25-23-58-24-26-60-51(66)22-32-78-30-16-14-18-53(68)73-28-20-45(56(7,8)9)36-70-38-47(64)40-75-49(34-62)42-76-57(10,11)12/h44-49,58,61-64H,13-43H2,1-12H3,(H,59,65)(H,60,66). The molecule has 0 saturated carbocycles. The van der Waals surface area contributed by atoms with Crippen LogP contribution in [-0.2, 0) is 57.1 Å². The van der Waals surface area contributed by atoms with Crippen LogP contribution in [0.4, 0.5) is 0 Å². The Kier molecular flexibility index (Phi) is 43.6. The largest absolute Gasteiger partial charge is 0.466 e. The van der Waals surface area contributed by atoms with Crippen LogP contribution in [0.2, 0.25) is 0 Å². The van der Waals surface area contributed by atoms with Crippen LogP contribution in [0.3, 0.4) is 0 Å². The number of nitrogens with one attached hydrogen (secondary N) is 3. The van der Waals surface area contributed by atoms with Gasteiger partial charge in [-0.25, -0.2) is 0 Å². The first-order valence-corrected chi connectivity index (χ1v) is 30.8. The molecule has 0 radical (unpaired) electrons. The van der Waals surface area contributed by atoms with Gasteiger partial charge in [0.15, 0.2) is 0 Å². The number of aliphatic hydroxyl groups excluding tert-OH is 4. The van der Waals surface area contributed by atoms with Crippen molar-refractivity contribution in [2.45, 2.75) is 177 Å². The molecule has 0 aromatic rings. The summed E-state index contributed by atoms with van der Waals surface area (Å²) in [6, 6.07) is 0. The van der Waals surface area contributed by atoms with Gasteiger partial charge in [-0.05, 0) is 98.9 Å². The van der Waals surface area contributed by atoms with Gasteiger partial charge >= 0.3 is 11.9 Å². The van der Waals surface area contributed by atoms with Crippen molar-refractivity contribution >= 4 is 47.3 Å². The van der Waals surface area contributed by atoms with Gasteiger partial charge in [0.1, 0.15) is 24.4 Å². The van der Waals surface area contributed by atoms with E-state index < -0.39 is 24.4 Å². The number of unbranched alkanes of at least 4 members (excludes halogenated alkanes) is 2. The lowest BCUT2D eigenvalue weighted by Crippen LogP contribution is -2.36. The van der Waals surface area contributed by atoms with Gasteiger partial charge in [0.25, 0.3) is 0 Å². The molecule has 0 bridgehead atoms. The van der Waals surface area contributed by atoms with E-state index in [1.165, 1.54) is 0 Å². The van der Waals surface area contributed by atoms with Crippen molar-refractivity contribution in [3.8, 4) is 0 Å². The number of hydrogen-bond acceptors (Lipinski definition) is 19. The average molecular weight is 1160 g/mol. The molecule has 21 heteroatoms. The van der Waals surface area contributed by atoms with Crippen LogP contribution in [0.15, 0.2) is 0 Å². The van der Waals surface area contributed by atoms with E-state index in [2.05, 4.69) is 78.3 Å². The van der Waals surface area contributed by atoms with E-state index in [1.807, 2.05) is 20.8 Å². The first kappa shape index (κ1) is 76.1. The van der Waals surface area contributed by atoms with E-state index >= 15 is 0 Å². The maximum Gasteiger partial charge on any atom is 0.305 e. The first-order chi connectivity index (χ1) is 36.6.